The van der Waals surface area contributed by atoms with Crippen LogP contribution in [0.25, 0.3) is 0 Å². The van der Waals surface area contributed by atoms with E-state index in [0.29, 0.717) is 16.4 Å². The van der Waals surface area contributed by atoms with Gasteiger partial charge in [0.1, 0.15) is 5.75 Å². The summed E-state index contributed by atoms with van der Waals surface area (Å²) in [5, 5.41) is 3.45. The van der Waals surface area contributed by atoms with Crippen LogP contribution in [0.4, 0.5) is 0 Å². The SMILES string of the molecule is CCCCCNC(=S)NNC(=O)c1ccc(OC)cc1. The van der Waals surface area contributed by atoms with Crippen molar-refractivity contribution in [2.24, 2.45) is 0 Å². The summed E-state index contributed by atoms with van der Waals surface area (Å²) >= 11 is 5.05. The first-order valence-corrected chi connectivity index (χ1v) is 7.06. The molecule has 0 heterocycles. The molecule has 0 saturated carbocycles. The highest BCUT2D eigenvalue weighted by atomic mass is 32.1. The summed E-state index contributed by atoms with van der Waals surface area (Å²) in [6.45, 7) is 2.95. The fourth-order valence-corrected chi connectivity index (χ4v) is 1.70. The van der Waals surface area contributed by atoms with Gasteiger partial charge in [-0.25, -0.2) is 0 Å². The van der Waals surface area contributed by atoms with Crippen molar-refractivity contribution in [1.82, 2.24) is 16.2 Å². The molecule has 1 amide bonds. The maximum atomic E-state index is 11.8. The van der Waals surface area contributed by atoms with E-state index < -0.39 is 0 Å². The predicted octanol–water partition coefficient (Wildman–Crippen LogP) is 1.99. The molecule has 6 heteroatoms. The number of thiocarbonyl (C=S) groups is 1. The van der Waals surface area contributed by atoms with Gasteiger partial charge in [0.2, 0.25) is 0 Å². The third-order valence-electron chi connectivity index (χ3n) is 2.71. The predicted molar refractivity (Wildman–Crippen MR) is 83.7 cm³/mol. The topological polar surface area (TPSA) is 62.4 Å². The number of benzene rings is 1. The van der Waals surface area contributed by atoms with E-state index in [1.165, 1.54) is 0 Å². The van der Waals surface area contributed by atoms with Gasteiger partial charge in [-0.05, 0) is 42.9 Å². The number of hydrogen-bond acceptors (Lipinski definition) is 3. The van der Waals surface area contributed by atoms with Gasteiger partial charge in [-0.1, -0.05) is 19.8 Å². The summed E-state index contributed by atoms with van der Waals surface area (Å²) in [5.41, 5.74) is 5.75. The van der Waals surface area contributed by atoms with E-state index in [-0.39, 0.29) is 5.91 Å². The molecule has 1 aromatic rings. The zero-order valence-electron chi connectivity index (χ0n) is 11.9. The number of ether oxygens (including phenoxy) is 1. The number of rotatable bonds is 6. The van der Waals surface area contributed by atoms with Crippen LogP contribution in [-0.2, 0) is 0 Å². The monoisotopic (exact) mass is 295 g/mol. The van der Waals surface area contributed by atoms with Gasteiger partial charge >= 0.3 is 0 Å². The molecule has 0 aromatic heterocycles. The van der Waals surface area contributed by atoms with Crippen molar-refractivity contribution < 1.29 is 9.53 Å². The minimum absolute atomic E-state index is 0.245. The lowest BCUT2D eigenvalue weighted by molar-refractivity contribution is 0.0943. The van der Waals surface area contributed by atoms with Gasteiger partial charge in [0.05, 0.1) is 7.11 Å². The molecule has 0 fully saturated rings. The van der Waals surface area contributed by atoms with Crippen LogP contribution in [0, 0.1) is 0 Å². The summed E-state index contributed by atoms with van der Waals surface area (Å²) in [6, 6.07) is 6.84. The Labute approximate surface area is 125 Å². The van der Waals surface area contributed by atoms with Crippen molar-refractivity contribution >= 4 is 23.2 Å². The van der Waals surface area contributed by atoms with Crippen LogP contribution in [-0.4, -0.2) is 24.7 Å². The lowest BCUT2D eigenvalue weighted by Gasteiger charge is -2.11. The van der Waals surface area contributed by atoms with Crippen molar-refractivity contribution in [1.29, 1.82) is 0 Å². The van der Waals surface area contributed by atoms with E-state index >= 15 is 0 Å². The van der Waals surface area contributed by atoms with E-state index in [4.69, 9.17) is 17.0 Å². The highest BCUT2D eigenvalue weighted by Crippen LogP contribution is 2.10. The molecule has 0 saturated heterocycles. The summed E-state index contributed by atoms with van der Waals surface area (Å²) in [6.07, 6.45) is 3.38. The van der Waals surface area contributed by atoms with E-state index in [2.05, 4.69) is 23.1 Å². The second-order valence-electron chi connectivity index (χ2n) is 4.27. The zero-order chi connectivity index (χ0) is 14.8. The molecule has 110 valence electrons. The van der Waals surface area contributed by atoms with Gasteiger partial charge in [0.15, 0.2) is 5.11 Å². The van der Waals surface area contributed by atoms with E-state index in [0.717, 1.165) is 25.8 Å². The summed E-state index contributed by atoms with van der Waals surface area (Å²) < 4.78 is 5.03. The molecule has 0 unspecified atom stereocenters. The quantitative estimate of drug-likeness (QED) is 0.426. The smallest absolute Gasteiger partial charge is 0.269 e. The molecule has 3 N–H and O–H groups in total. The molecule has 0 aliphatic heterocycles. The Hall–Kier alpha value is -1.82. The fraction of sp³-hybridized carbons (Fsp3) is 0.429. The second-order valence-corrected chi connectivity index (χ2v) is 4.68. The number of carbonyl (C=O) groups is 1. The van der Waals surface area contributed by atoms with Crippen LogP contribution in [0.2, 0.25) is 0 Å². The highest BCUT2D eigenvalue weighted by molar-refractivity contribution is 7.80. The first kappa shape index (κ1) is 16.2. The summed E-state index contributed by atoms with van der Waals surface area (Å²) in [5.74, 6) is 0.466. The Morgan fingerprint density at radius 3 is 2.50 bits per heavy atom. The normalized spacial score (nSPS) is 9.70. The minimum atomic E-state index is -0.245. The summed E-state index contributed by atoms with van der Waals surface area (Å²) in [4.78, 5) is 11.8. The Bertz CT molecular complexity index is 435. The van der Waals surface area contributed by atoms with Crippen LogP contribution < -0.4 is 20.9 Å². The molecule has 20 heavy (non-hydrogen) atoms. The largest absolute Gasteiger partial charge is 0.497 e. The van der Waals surface area contributed by atoms with E-state index in [9.17, 15) is 4.79 Å². The molecular formula is C14H21N3O2S. The Morgan fingerprint density at radius 1 is 1.20 bits per heavy atom. The van der Waals surface area contributed by atoms with Crippen molar-refractivity contribution in [3.63, 3.8) is 0 Å². The van der Waals surface area contributed by atoms with Gasteiger partial charge in [-0.2, -0.15) is 0 Å². The van der Waals surface area contributed by atoms with Crippen molar-refractivity contribution in [2.75, 3.05) is 13.7 Å². The molecule has 1 aromatic carbocycles. The number of methoxy groups -OCH3 is 1. The number of unbranched alkanes of at least 4 members (excludes halogenated alkanes) is 2. The number of hydrogen-bond donors (Lipinski definition) is 3. The second kappa shape index (κ2) is 9.14. The molecule has 0 aliphatic carbocycles. The average molecular weight is 295 g/mol. The van der Waals surface area contributed by atoms with Crippen LogP contribution in [0.3, 0.4) is 0 Å². The molecule has 0 radical (unpaired) electrons. The maximum Gasteiger partial charge on any atom is 0.269 e. The van der Waals surface area contributed by atoms with Gasteiger partial charge in [0.25, 0.3) is 5.91 Å². The number of amides is 1. The standard InChI is InChI=1S/C14H21N3O2S/c1-3-4-5-10-15-14(20)17-16-13(18)11-6-8-12(19-2)9-7-11/h6-9H,3-5,10H2,1-2H3,(H,16,18)(H2,15,17,20). The molecule has 0 atom stereocenters. The lowest BCUT2D eigenvalue weighted by atomic mass is 10.2. The molecule has 0 spiro atoms. The number of hydrazine groups is 1. The Morgan fingerprint density at radius 2 is 1.90 bits per heavy atom. The number of carbonyl (C=O) groups excluding carboxylic acids is 1. The maximum absolute atomic E-state index is 11.8. The molecule has 1 rings (SSSR count). The van der Waals surface area contributed by atoms with Gasteiger partial charge in [0, 0.05) is 12.1 Å². The van der Waals surface area contributed by atoms with E-state index in [1.54, 1.807) is 31.4 Å². The third kappa shape index (κ3) is 5.88. The van der Waals surface area contributed by atoms with Gasteiger partial charge in [-0.3, -0.25) is 15.6 Å². The van der Waals surface area contributed by atoms with Gasteiger partial charge < -0.3 is 10.1 Å². The van der Waals surface area contributed by atoms with Crippen LogP contribution in [0.5, 0.6) is 5.75 Å². The van der Waals surface area contributed by atoms with Crippen LogP contribution in [0.15, 0.2) is 24.3 Å². The van der Waals surface area contributed by atoms with Gasteiger partial charge in [-0.15, -0.1) is 0 Å². The number of nitrogens with one attached hydrogen (secondary N) is 3. The van der Waals surface area contributed by atoms with Crippen LogP contribution >= 0.6 is 12.2 Å². The fourth-order valence-electron chi connectivity index (χ4n) is 1.55. The van der Waals surface area contributed by atoms with Crippen molar-refractivity contribution in [2.45, 2.75) is 26.2 Å². The minimum Gasteiger partial charge on any atom is -0.497 e. The van der Waals surface area contributed by atoms with Crippen LogP contribution in [0.1, 0.15) is 36.5 Å². The molecule has 0 aliphatic rings. The summed E-state index contributed by atoms with van der Waals surface area (Å²) in [7, 11) is 1.58. The van der Waals surface area contributed by atoms with E-state index in [1.807, 2.05) is 0 Å². The average Bonchev–Trinajstić information content (AvgIpc) is 2.49. The first-order valence-electron chi connectivity index (χ1n) is 6.65. The molecular weight excluding hydrogens is 274 g/mol. The zero-order valence-corrected chi connectivity index (χ0v) is 12.7. The first-order chi connectivity index (χ1) is 9.67. The lowest BCUT2D eigenvalue weighted by Crippen LogP contribution is -2.46. The molecule has 0 bridgehead atoms. The van der Waals surface area contributed by atoms with Crippen molar-refractivity contribution in [3.8, 4) is 5.75 Å². The molecule has 5 nitrogen and oxygen atoms in total. The Kier molecular flexibility index (Phi) is 7.42. The third-order valence-corrected chi connectivity index (χ3v) is 2.95. The highest BCUT2D eigenvalue weighted by Gasteiger charge is 2.05. The Balaban J connectivity index is 2.29. The van der Waals surface area contributed by atoms with Crippen molar-refractivity contribution in [3.05, 3.63) is 29.8 Å².